The molecule has 5 heteroatoms. The third kappa shape index (κ3) is 3.37. The van der Waals surface area contributed by atoms with Crippen molar-refractivity contribution in [3.05, 3.63) is 71.8 Å². The molecule has 2 unspecified atom stereocenters. The standard InChI is InChI=1S/C20H22N2O2.ClH/c23-19(24-13-15-7-3-1-4-8-15)22-14-20(16-9-5-2-6-10-16)17-11-21-12-18(17)20;/h1-10,17-18,21H,11-14H2,(H,22,23);1H. The second kappa shape index (κ2) is 7.46. The summed E-state index contributed by atoms with van der Waals surface area (Å²) < 4.78 is 5.34. The van der Waals surface area contributed by atoms with Crippen molar-refractivity contribution in [2.75, 3.05) is 19.6 Å². The third-order valence-electron chi connectivity index (χ3n) is 5.48. The van der Waals surface area contributed by atoms with Crippen LogP contribution in [0.2, 0.25) is 0 Å². The van der Waals surface area contributed by atoms with E-state index >= 15 is 0 Å². The lowest BCUT2D eigenvalue weighted by Crippen LogP contribution is -2.38. The van der Waals surface area contributed by atoms with Crippen LogP contribution in [0.15, 0.2) is 60.7 Å². The Morgan fingerprint density at radius 2 is 1.64 bits per heavy atom. The number of ether oxygens (including phenoxy) is 1. The number of benzene rings is 2. The first-order valence-corrected chi connectivity index (χ1v) is 8.51. The molecule has 132 valence electrons. The summed E-state index contributed by atoms with van der Waals surface area (Å²) >= 11 is 0. The molecule has 1 heterocycles. The summed E-state index contributed by atoms with van der Waals surface area (Å²) in [5.74, 6) is 1.21. The van der Waals surface area contributed by atoms with Gasteiger partial charge in [0, 0.05) is 12.0 Å². The van der Waals surface area contributed by atoms with Gasteiger partial charge in [-0.3, -0.25) is 0 Å². The molecule has 2 N–H and O–H groups in total. The van der Waals surface area contributed by atoms with Crippen LogP contribution in [-0.2, 0) is 16.8 Å². The molecule has 2 aliphatic rings. The average Bonchev–Trinajstić information content (AvgIpc) is 2.99. The summed E-state index contributed by atoms with van der Waals surface area (Å²) in [7, 11) is 0. The predicted molar refractivity (Wildman–Crippen MR) is 99.8 cm³/mol. The van der Waals surface area contributed by atoms with Gasteiger partial charge in [0.15, 0.2) is 0 Å². The summed E-state index contributed by atoms with van der Waals surface area (Å²) in [6.07, 6.45) is -0.341. The minimum atomic E-state index is -0.341. The maximum Gasteiger partial charge on any atom is 0.407 e. The van der Waals surface area contributed by atoms with Crippen LogP contribution in [0.4, 0.5) is 4.79 Å². The van der Waals surface area contributed by atoms with E-state index in [4.69, 9.17) is 4.74 Å². The lowest BCUT2D eigenvalue weighted by molar-refractivity contribution is 0.138. The molecule has 2 fully saturated rings. The summed E-state index contributed by atoms with van der Waals surface area (Å²) in [5.41, 5.74) is 2.39. The van der Waals surface area contributed by atoms with Crippen molar-refractivity contribution in [3.8, 4) is 0 Å². The van der Waals surface area contributed by atoms with Crippen LogP contribution in [-0.4, -0.2) is 25.7 Å². The van der Waals surface area contributed by atoms with Crippen LogP contribution in [0.1, 0.15) is 11.1 Å². The fraction of sp³-hybridized carbons (Fsp3) is 0.350. The maximum absolute atomic E-state index is 12.1. The van der Waals surface area contributed by atoms with Crippen LogP contribution in [0, 0.1) is 11.8 Å². The summed E-state index contributed by atoms with van der Waals surface area (Å²) in [6.45, 7) is 3.00. The number of nitrogens with one attached hydrogen (secondary N) is 2. The van der Waals surface area contributed by atoms with Crippen molar-refractivity contribution in [3.63, 3.8) is 0 Å². The Morgan fingerprint density at radius 3 is 2.28 bits per heavy atom. The molecule has 0 spiro atoms. The number of fused-ring (bicyclic) bond motifs is 1. The van der Waals surface area contributed by atoms with E-state index < -0.39 is 0 Å². The van der Waals surface area contributed by atoms with Gasteiger partial charge in [-0.15, -0.1) is 12.4 Å². The number of amides is 1. The van der Waals surface area contributed by atoms with Crippen molar-refractivity contribution in [1.82, 2.24) is 10.6 Å². The van der Waals surface area contributed by atoms with Gasteiger partial charge < -0.3 is 15.4 Å². The molecular formula is C20H23ClN2O2. The molecule has 1 saturated heterocycles. The highest BCUT2D eigenvalue weighted by Crippen LogP contribution is 2.61. The van der Waals surface area contributed by atoms with Gasteiger partial charge in [-0.2, -0.15) is 0 Å². The molecule has 1 aliphatic carbocycles. The number of hydrogen-bond donors (Lipinski definition) is 2. The Balaban J connectivity index is 0.00000182. The molecule has 0 radical (unpaired) electrons. The molecule has 2 atom stereocenters. The molecule has 0 bridgehead atoms. The third-order valence-corrected chi connectivity index (χ3v) is 5.48. The number of piperidine rings is 1. The van der Waals surface area contributed by atoms with Crippen LogP contribution < -0.4 is 10.6 Å². The monoisotopic (exact) mass is 358 g/mol. The average molecular weight is 359 g/mol. The molecule has 0 aromatic heterocycles. The zero-order chi connectivity index (χ0) is 16.4. The van der Waals surface area contributed by atoms with Gasteiger partial charge in [-0.25, -0.2) is 4.79 Å². The summed E-state index contributed by atoms with van der Waals surface area (Å²) in [6, 6.07) is 20.3. The molecule has 25 heavy (non-hydrogen) atoms. The van der Waals surface area contributed by atoms with Crippen LogP contribution >= 0.6 is 12.4 Å². The number of halogens is 1. The molecule has 2 aromatic carbocycles. The number of alkyl carbamates (subject to hydrolysis) is 1. The van der Waals surface area contributed by atoms with Gasteiger partial charge in [-0.05, 0) is 36.1 Å². The van der Waals surface area contributed by atoms with Gasteiger partial charge in [-0.1, -0.05) is 60.7 Å². The first-order chi connectivity index (χ1) is 11.8. The second-order valence-corrected chi connectivity index (χ2v) is 6.69. The number of carbonyl (C=O) groups is 1. The van der Waals surface area contributed by atoms with Crippen molar-refractivity contribution >= 4 is 18.5 Å². The summed E-state index contributed by atoms with van der Waals surface area (Å²) in [5, 5.41) is 6.43. The first-order valence-electron chi connectivity index (χ1n) is 8.51. The quantitative estimate of drug-likeness (QED) is 0.863. The Morgan fingerprint density at radius 1 is 1.04 bits per heavy atom. The Kier molecular flexibility index (Phi) is 5.30. The van der Waals surface area contributed by atoms with Gasteiger partial charge >= 0.3 is 6.09 Å². The molecule has 4 nitrogen and oxygen atoms in total. The first kappa shape index (κ1) is 17.8. The number of hydrogen-bond acceptors (Lipinski definition) is 3. The highest BCUT2D eigenvalue weighted by Gasteiger charge is 2.66. The van der Waals surface area contributed by atoms with E-state index in [-0.39, 0.29) is 23.9 Å². The van der Waals surface area contributed by atoms with Gasteiger partial charge in [0.2, 0.25) is 0 Å². The lowest BCUT2D eigenvalue weighted by Gasteiger charge is -2.22. The van der Waals surface area contributed by atoms with Crippen LogP contribution in [0.3, 0.4) is 0 Å². The van der Waals surface area contributed by atoms with Crippen molar-refractivity contribution in [2.45, 2.75) is 12.0 Å². The molecule has 1 saturated carbocycles. The molecule has 2 aromatic rings. The highest BCUT2D eigenvalue weighted by atomic mass is 35.5. The number of rotatable bonds is 5. The fourth-order valence-electron chi connectivity index (χ4n) is 4.18. The highest BCUT2D eigenvalue weighted by molar-refractivity contribution is 5.85. The minimum absolute atomic E-state index is 0. The topological polar surface area (TPSA) is 50.4 Å². The Hall–Kier alpha value is -2.04. The van der Waals surface area contributed by atoms with Crippen molar-refractivity contribution in [2.24, 2.45) is 11.8 Å². The Labute approximate surface area is 154 Å². The zero-order valence-corrected chi connectivity index (χ0v) is 14.8. The molecule has 4 rings (SSSR count). The molecule has 1 amide bonds. The summed E-state index contributed by atoms with van der Waals surface area (Å²) in [4.78, 5) is 12.1. The van der Waals surface area contributed by atoms with E-state index in [1.54, 1.807) is 0 Å². The Bertz CT molecular complexity index is 698. The van der Waals surface area contributed by atoms with E-state index in [9.17, 15) is 4.79 Å². The van der Waals surface area contributed by atoms with Crippen molar-refractivity contribution < 1.29 is 9.53 Å². The van der Waals surface area contributed by atoms with Crippen LogP contribution in [0.25, 0.3) is 0 Å². The van der Waals surface area contributed by atoms with Crippen LogP contribution in [0.5, 0.6) is 0 Å². The largest absolute Gasteiger partial charge is 0.445 e. The zero-order valence-electron chi connectivity index (χ0n) is 14.0. The van der Waals surface area contributed by atoms with Gasteiger partial charge in [0.05, 0.1) is 0 Å². The fourth-order valence-corrected chi connectivity index (χ4v) is 4.18. The van der Waals surface area contributed by atoms with Crippen molar-refractivity contribution in [1.29, 1.82) is 0 Å². The smallest absolute Gasteiger partial charge is 0.407 e. The van der Waals surface area contributed by atoms with E-state index in [2.05, 4.69) is 34.9 Å². The maximum atomic E-state index is 12.1. The van der Waals surface area contributed by atoms with Gasteiger partial charge in [0.25, 0.3) is 0 Å². The second-order valence-electron chi connectivity index (χ2n) is 6.69. The van der Waals surface area contributed by atoms with E-state index in [1.807, 2.05) is 36.4 Å². The van der Waals surface area contributed by atoms with E-state index in [0.717, 1.165) is 18.7 Å². The van der Waals surface area contributed by atoms with E-state index in [0.29, 0.717) is 25.0 Å². The number of carbonyl (C=O) groups excluding carboxylic acids is 1. The van der Waals surface area contributed by atoms with Gasteiger partial charge in [0.1, 0.15) is 6.61 Å². The normalized spacial score (nSPS) is 26.2. The lowest BCUT2D eigenvalue weighted by atomic mass is 9.90. The SMILES string of the molecule is Cl.O=C(NCC1(c2ccccc2)C2CNCC21)OCc1ccccc1. The van der Waals surface area contributed by atoms with E-state index in [1.165, 1.54) is 5.56 Å². The minimum Gasteiger partial charge on any atom is -0.445 e. The predicted octanol–water partition coefficient (Wildman–Crippen LogP) is 3.12. The molecular weight excluding hydrogens is 336 g/mol. The molecule has 1 aliphatic heterocycles.